The van der Waals surface area contributed by atoms with E-state index in [0.717, 1.165) is 6.07 Å². The van der Waals surface area contributed by atoms with Crippen LogP contribution in [0.4, 0.5) is 14.5 Å². The fraction of sp³-hybridized carbons (Fsp3) is 0.417. The van der Waals surface area contributed by atoms with Gasteiger partial charge in [-0.1, -0.05) is 74.3 Å². The Kier molecular flexibility index (Phi) is 11.0. The molecule has 250 valence electrons. The van der Waals surface area contributed by atoms with E-state index in [-0.39, 0.29) is 39.1 Å². The summed E-state index contributed by atoms with van der Waals surface area (Å²) in [5, 5.41) is 29.0. The molecule has 0 spiro atoms. The molecule has 2 amide bonds. The first kappa shape index (κ1) is 36.3. The number of nitrogens with zero attached hydrogens (tertiary/aromatic N) is 1. The highest BCUT2D eigenvalue weighted by Crippen LogP contribution is 2.53. The molecule has 0 bridgehead atoms. The molecule has 47 heavy (non-hydrogen) atoms. The van der Waals surface area contributed by atoms with Crippen molar-refractivity contribution in [2.75, 3.05) is 18.5 Å². The van der Waals surface area contributed by atoms with Crippen LogP contribution in [0.25, 0.3) is 0 Å². The molecule has 4 rings (SSSR count). The summed E-state index contributed by atoms with van der Waals surface area (Å²) in [6.07, 6.45) is 0.783. The van der Waals surface area contributed by atoms with Crippen molar-refractivity contribution in [2.24, 2.45) is 5.41 Å². The summed E-state index contributed by atoms with van der Waals surface area (Å²) < 4.78 is 31.7. The first-order valence-electron chi connectivity index (χ1n) is 15.4. The van der Waals surface area contributed by atoms with E-state index in [4.69, 9.17) is 28.3 Å². The number of amides is 2. The van der Waals surface area contributed by atoms with Crippen LogP contribution in [0.3, 0.4) is 0 Å². The van der Waals surface area contributed by atoms with Crippen LogP contribution < -0.4 is 16.0 Å². The number of aliphatic hydroxyl groups is 1. The van der Waals surface area contributed by atoms with Crippen molar-refractivity contribution in [1.82, 2.24) is 10.6 Å². The minimum Gasteiger partial charge on any atom is -0.396 e. The maximum Gasteiger partial charge on any atom is 0.242 e. The van der Waals surface area contributed by atoms with Gasteiger partial charge in [-0.25, -0.2) is 8.78 Å². The third kappa shape index (κ3) is 7.47. The van der Waals surface area contributed by atoms with Crippen LogP contribution in [0.1, 0.15) is 70.1 Å². The molecule has 1 heterocycles. The summed E-state index contributed by atoms with van der Waals surface area (Å²) in [6.45, 7) is 9.75. The summed E-state index contributed by atoms with van der Waals surface area (Å²) in [7, 11) is 0. The molecule has 3 aromatic rings. The molecule has 0 radical (unpaired) electrons. The number of anilines is 1. The van der Waals surface area contributed by atoms with Crippen molar-refractivity contribution >= 4 is 40.7 Å². The molecule has 0 aromatic heterocycles. The predicted molar refractivity (Wildman–Crippen MR) is 180 cm³/mol. The van der Waals surface area contributed by atoms with Gasteiger partial charge in [0, 0.05) is 41.4 Å². The Morgan fingerprint density at radius 1 is 1.04 bits per heavy atom. The molecule has 4 atom stereocenters. The fourth-order valence-corrected chi connectivity index (χ4v) is 6.72. The molecule has 0 aliphatic carbocycles. The molecule has 1 saturated heterocycles. The van der Waals surface area contributed by atoms with Gasteiger partial charge in [0.2, 0.25) is 11.8 Å². The maximum atomic E-state index is 15.9. The molecule has 0 saturated carbocycles. The van der Waals surface area contributed by atoms with E-state index in [1.54, 1.807) is 38.1 Å². The van der Waals surface area contributed by atoms with Crippen molar-refractivity contribution in [3.63, 3.8) is 0 Å². The quantitative estimate of drug-likeness (QED) is 0.172. The second kappa shape index (κ2) is 14.3. The molecule has 11 heteroatoms. The highest BCUT2D eigenvalue weighted by Gasteiger charge is 2.61. The zero-order valence-corrected chi connectivity index (χ0v) is 28.6. The highest BCUT2D eigenvalue weighted by molar-refractivity contribution is 6.31. The lowest BCUT2D eigenvalue weighted by Gasteiger charge is -2.37. The molecule has 1 unspecified atom stereocenters. The Morgan fingerprint density at radius 3 is 2.32 bits per heavy atom. The van der Waals surface area contributed by atoms with Gasteiger partial charge in [0.1, 0.15) is 17.0 Å². The van der Waals surface area contributed by atoms with Gasteiger partial charge in [0.15, 0.2) is 0 Å². The molecule has 1 fully saturated rings. The number of rotatable bonds is 10. The highest BCUT2D eigenvalue weighted by atomic mass is 35.5. The Labute approximate surface area is 284 Å². The van der Waals surface area contributed by atoms with Gasteiger partial charge in [-0.2, -0.15) is 5.26 Å². The van der Waals surface area contributed by atoms with Crippen LogP contribution in [-0.2, 0) is 20.4 Å². The van der Waals surface area contributed by atoms with Crippen LogP contribution in [0.15, 0.2) is 60.7 Å². The van der Waals surface area contributed by atoms with E-state index in [0.29, 0.717) is 30.6 Å². The molecule has 3 aromatic carbocycles. The monoisotopic (exact) mass is 684 g/mol. The second-order valence-electron chi connectivity index (χ2n) is 13.7. The van der Waals surface area contributed by atoms with Crippen LogP contribution in [0.5, 0.6) is 0 Å². The molecular weight excluding hydrogens is 645 g/mol. The standard InChI is InChI=1S/C36H40Cl2F2N4O3/c1-34(2,3)19-28-36(20-41,25-15-12-22(37)18-27(25)39)29(24-8-6-9-26(38)30(24)40)31(44-28)32(46)43-23-13-10-21(11-14-23)35(4,5)33(47)42-16-7-17-45/h6,8-15,18,28-29,31,44-45H,7,16-17,19H2,1-5H3,(H,42,47)(H,43,46)/t28?,29-,31+,36-/m1/s1. The zero-order chi connectivity index (χ0) is 34.7. The third-order valence-corrected chi connectivity index (χ3v) is 9.32. The number of hydrogen-bond acceptors (Lipinski definition) is 5. The normalized spacial score (nSPS) is 21.3. The van der Waals surface area contributed by atoms with Crippen LogP contribution >= 0.6 is 23.2 Å². The zero-order valence-electron chi connectivity index (χ0n) is 27.1. The Balaban J connectivity index is 1.78. The van der Waals surface area contributed by atoms with Gasteiger partial charge >= 0.3 is 0 Å². The van der Waals surface area contributed by atoms with E-state index in [9.17, 15) is 14.9 Å². The number of benzene rings is 3. The van der Waals surface area contributed by atoms with Crippen molar-refractivity contribution < 1.29 is 23.5 Å². The number of aliphatic hydroxyl groups excluding tert-OH is 1. The first-order chi connectivity index (χ1) is 22.1. The summed E-state index contributed by atoms with van der Waals surface area (Å²) in [5.41, 5.74) is -1.92. The summed E-state index contributed by atoms with van der Waals surface area (Å²) in [4.78, 5) is 27.0. The molecular formula is C36H40Cl2F2N4O3. The number of carbonyl (C=O) groups excluding carboxylic acids is 2. The summed E-state index contributed by atoms with van der Waals surface area (Å²) in [5.74, 6) is -3.51. The predicted octanol–water partition coefficient (Wildman–Crippen LogP) is 7.01. The number of hydrogen-bond donors (Lipinski definition) is 4. The van der Waals surface area contributed by atoms with Gasteiger partial charge < -0.3 is 21.1 Å². The van der Waals surface area contributed by atoms with E-state index in [2.05, 4.69) is 22.0 Å². The van der Waals surface area contributed by atoms with Crippen molar-refractivity contribution in [2.45, 2.75) is 76.3 Å². The molecule has 1 aliphatic rings. The van der Waals surface area contributed by atoms with Crippen molar-refractivity contribution in [3.8, 4) is 6.07 Å². The van der Waals surface area contributed by atoms with Crippen LogP contribution in [0, 0.1) is 28.4 Å². The summed E-state index contributed by atoms with van der Waals surface area (Å²) >= 11 is 12.3. The lowest BCUT2D eigenvalue weighted by molar-refractivity contribution is -0.125. The van der Waals surface area contributed by atoms with Gasteiger partial charge in [-0.15, -0.1) is 0 Å². The van der Waals surface area contributed by atoms with Gasteiger partial charge in [0.25, 0.3) is 0 Å². The largest absolute Gasteiger partial charge is 0.396 e. The van der Waals surface area contributed by atoms with Gasteiger partial charge in [0.05, 0.1) is 22.5 Å². The minimum absolute atomic E-state index is 0.00164. The maximum absolute atomic E-state index is 15.9. The molecule has 1 aliphatic heterocycles. The topological polar surface area (TPSA) is 114 Å². The van der Waals surface area contributed by atoms with E-state index < -0.39 is 46.4 Å². The van der Waals surface area contributed by atoms with Gasteiger partial charge in [-0.3, -0.25) is 9.59 Å². The molecule has 4 N–H and O–H groups in total. The minimum atomic E-state index is -1.74. The third-order valence-electron chi connectivity index (χ3n) is 8.79. The van der Waals surface area contributed by atoms with Gasteiger partial charge in [-0.05, 0) is 73.6 Å². The van der Waals surface area contributed by atoms with Crippen molar-refractivity contribution in [1.29, 1.82) is 5.26 Å². The molecule has 7 nitrogen and oxygen atoms in total. The average Bonchev–Trinajstić information content (AvgIpc) is 3.31. The fourth-order valence-electron chi connectivity index (χ4n) is 6.38. The Hall–Kier alpha value is -3.55. The smallest absolute Gasteiger partial charge is 0.242 e. The number of nitrogens with one attached hydrogen (secondary N) is 3. The van der Waals surface area contributed by atoms with E-state index in [1.165, 1.54) is 30.3 Å². The number of halogens is 4. The summed E-state index contributed by atoms with van der Waals surface area (Å²) in [6, 6.07) is 15.5. The lowest BCUT2D eigenvalue weighted by atomic mass is 9.62. The first-order valence-corrected chi connectivity index (χ1v) is 16.2. The SMILES string of the molecule is CC(C)(C)CC1N[C@H](C(=O)Nc2ccc(C(C)(C)C(=O)NCCCO)cc2)[C@@H](c2cccc(Cl)c2F)[C@]1(C#N)c1ccc(Cl)cc1F. The average molecular weight is 686 g/mol. The van der Waals surface area contributed by atoms with Crippen molar-refractivity contribution in [3.05, 3.63) is 99.0 Å². The lowest BCUT2D eigenvalue weighted by Crippen LogP contribution is -2.45. The number of nitriles is 1. The van der Waals surface area contributed by atoms with Crippen LogP contribution in [0.2, 0.25) is 10.0 Å². The second-order valence-corrected chi connectivity index (χ2v) is 14.6. The number of carbonyl (C=O) groups is 2. The van der Waals surface area contributed by atoms with Crippen LogP contribution in [-0.4, -0.2) is 42.2 Å². The van der Waals surface area contributed by atoms with E-state index in [1.807, 2.05) is 20.8 Å². The van der Waals surface area contributed by atoms with E-state index >= 15 is 8.78 Å². The Bertz CT molecular complexity index is 1670. The Morgan fingerprint density at radius 2 is 1.72 bits per heavy atom.